The van der Waals surface area contributed by atoms with Gasteiger partial charge in [-0.1, -0.05) is 65.7 Å². The van der Waals surface area contributed by atoms with Crippen molar-refractivity contribution >= 4 is 41.0 Å². The predicted octanol–water partition coefficient (Wildman–Crippen LogP) is 5.33. The molecule has 1 saturated heterocycles. The van der Waals surface area contributed by atoms with E-state index in [0.29, 0.717) is 40.7 Å². The van der Waals surface area contributed by atoms with Crippen LogP contribution in [0.2, 0.25) is 10.0 Å². The molecule has 1 aliphatic heterocycles. The van der Waals surface area contributed by atoms with E-state index < -0.39 is 17.9 Å². The maximum atomic E-state index is 13.1. The van der Waals surface area contributed by atoms with Crippen LogP contribution in [0.15, 0.2) is 66.7 Å². The van der Waals surface area contributed by atoms with Crippen molar-refractivity contribution in [2.75, 3.05) is 20.2 Å². The normalized spacial score (nSPS) is 16.0. The topological polar surface area (TPSA) is 95.9 Å². The quantitative estimate of drug-likeness (QED) is 0.392. The highest BCUT2D eigenvalue weighted by molar-refractivity contribution is 6.36. The molecule has 4 rings (SSSR count). The summed E-state index contributed by atoms with van der Waals surface area (Å²) in [7, 11) is 1.50. The number of likely N-dealkylation sites (tertiary alicyclic amines) is 1. The molecule has 3 aromatic carbocycles. The monoisotopic (exact) mass is 554 g/mol. The number of ether oxygens (including phenoxy) is 1. The number of benzene rings is 3. The number of piperidine rings is 1. The summed E-state index contributed by atoms with van der Waals surface area (Å²) in [6, 6.07) is 18.4. The minimum absolute atomic E-state index is 0.117. The molecule has 2 atom stereocenters. The molecule has 1 aliphatic rings. The zero-order valence-corrected chi connectivity index (χ0v) is 22.3. The number of methoxy groups -OCH3 is 1. The number of aliphatic carboxylic acids is 1. The number of hydrogen-bond donors (Lipinski definition) is 2. The van der Waals surface area contributed by atoms with Gasteiger partial charge >= 0.3 is 5.97 Å². The van der Waals surface area contributed by atoms with E-state index in [9.17, 15) is 19.5 Å². The maximum Gasteiger partial charge on any atom is 0.326 e. The number of amides is 2. The first-order chi connectivity index (χ1) is 18.3. The number of rotatable bonds is 8. The predicted molar refractivity (Wildman–Crippen MR) is 147 cm³/mol. The molecule has 0 radical (unpaired) electrons. The number of nitrogens with one attached hydrogen (secondary N) is 1. The minimum Gasteiger partial charge on any atom is -0.496 e. The molecule has 0 spiro atoms. The van der Waals surface area contributed by atoms with Gasteiger partial charge in [0.2, 0.25) is 5.91 Å². The van der Waals surface area contributed by atoms with Crippen LogP contribution in [-0.4, -0.2) is 54.0 Å². The van der Waals surface area contributed by atoms with Crippen molar-refractivity contribution in [3.8, 4) is 16.9 Å². The van der Waals surface area contributed by atoms with Crippen LogP contribution in [0.25, 0.3) is 11.1 Å². The fourth-order valence-corrected chi connectivity index (χ4v) is 5.15. The van der Waals surface area contributed by atoms with Crippen molar-refractivity contribution in [3.05, 3.63) is 87.9 Å². The van der Waals surface area contributed by atoms with Gasteiger partial charge < -0.3 is 20.1 Å². The number of halogens is 2. The third kappa shape index (κ3) is 6.47. The van der Waals surface area contributed by atoms with Gasteiger partial charge in [-0.25, -0.2) is 4.79 Å². The number of carboxylic acid groups (broad SMARTS) is 1. The Bertz CT molecular complexity index is 1330. The van der Waals surface area contributed by atoms with Crippen molar-refractivity contribution in [2.45, 2.75) is 25.3 Å². The van der Waals surface area contributed by atoms with Gasteiger partial charge in [0.25, 0.3) is 5.91 Å². The summed E-state index contributed by atoms with van der Waals surface area (Å²) in [6.07, 6.45) is 1.34. The van der Waals surface area contributed by atoms with E-state index in [1.807, 2.05) is 30.3 Å². The van der Waals surface area contributed by atoms with Crippen molar-refractivity contribution in [2.24, 2.45) is 5.92 Å². The molecule has 3 aromatic rings. The first-order valence-electron chi connectivity index (χ1n) is 12.3. The number of nitrogens with zero attached hydrogens (tertiary/aromatic N) is 1. The Hall–Kier alpha value is -3.55. The van der Waals surface area contributed by atoms with E-state index in [0.717, 1.165) is 16.7 Å². The molecule has 198 valence electrons. The van der Waals surface area contributed by atoms with Crippen LogP contribution in [0.3, 0.4) is 0 Å². The number of carbonyl (C=O) groups is 3. The minimum atomic E-state index is -1.12. The summed E-state index contributed by atoms with van der Waals surface area (Å²) < 4.78 is 5.31. The summed E-state index contributed by atoms with van der Waals surface area (Å²) in [4.78, 5) is 39.8. The van der Waals surface area contributed by atoms with Gasteiger partial charge in [0.05, 0.1) is 18.6 Å². The molecular formula is C29H28Cl2N2O5. The fraction of sp³-hybridized carbons (Fsp3) is 0.276. The van der Waals surface area contributed by atoms with Crippen LogP contribution in [0.5, 0.6) is 5.75 Å². The van der Waals surface area contributed by atoms with Crippen molar-refractivity contribution in [1.82, 2.24) is 10.2 Å². The van der Waals surface area contributed by atoms with Crippen LogP contribution in [0.1, 0.15) is 28.8 Å². The van der Waals surface area contributed by atoms with Gasteiger partial charge in [0.1, 0.15) is 11.8 Å². The Morgan fingerprint density at radius 3 is 2.50 bits per heavy atom. The summed E-state index contributed by atoms with van der Waals surface area (Å²) >= 11 is 12.3. The van der Waals surface area contributed by atoms with Gasteiger partial charge in [-0.2, -0.15) is 0 Å². The Morgan fingerprint density at radius 2 is 1.82 bits per heavy atom. The van der Waals surface area contributed by atoms with E-state index in [1.165, 1.54) is 7.11 Å². The third-order valence-corrected chi connectivity index (χ3v) is 7.22. The van der Waals surface area contributed by atoms with Gasteiger partial charge in [-0.05, 0) is 48.2 Å². The molecule has 1 fully saturated rings. The van der Waals surface area contributed by atoms with E-state index in [-0.39, 0.29) is 24.8 Å². The SMILES string of the molecule is COc1ccccc1C(=O)N1CCCC(C(=O)N[C@@H](Cc2ccc(-c3ccc(Cl)cc3Cl)cc2)C(=O)O)C1. The van der Waals surface area contributed by atoms with E-state index in [4.69, 9.17) is 27.9 Å². The largest absolute Gasteiger partial charge is 0.496 e. The molecule has 0 saturated carbocycles. The Kier molecular flexibility index (Phi) is 8.92. The summed E-state index contributed by atoms with van der Waals surface area (Å²) in [5, 5.41) is 13.5. The van der Waals surface area contributed by atoms with Gasteiger partial charge in [0.15, 0.2) is 0 Å². The lowest BCUT2D eigenvalue weighted by Gasteiger charge is -2.33. The van der Waals surface area contributed by atoms with Crippen LogP contribution in [-0.2, 0) is 16.0 Å². The zero-order valence-electron chi connectivity index (χ0n) is 20.8. The molecule has 1 heterocycles. The highest BCUT2D eigenvalue weighted by atomic mass is 35.5. The lowest BCUT2D eigenvalue weighted by molar-refractivity contribution is -0.142. The number of carbonyl (C=O) groups excluding carboxylic acids is 2. The van der Waals surface area contributed by atoms with Crippen LogP contribution >= 0.6 is 23.2 Å². The molecule has 1 unspecified atom stereocenters. The maximum absolute atomic E-state index is 13.1. The second-order valence-electron chi connectivity index (χ2n) is 9.22. The molecule has 38 heavy (non-hydrogen) atoms. The van der Waals surface area contributed by atoms with E-state index in [2.05, 4.69) is 5.32 Å². The molecule has 0 aliphatic carbocycles. The first-order valence-corrected chi connectivity index (χ1v) is 13.0. The van der Waals surface area contributed by atoms with Crippen molar-refractivity contribution in [3.63, 3.8) is 0 Å². The molecule has 7 nitrogen and oxygen atoms in total. The highest BCUT2D eigenvalue weighted by Crippen LogP contribution is 2.30. The van der Waals surface area contributed by atoms with Gasteiger partial charge in [0, 0.05) is 35.1 Å². The highest BCUT2D eigenvalue weighted by Gasteiger charge is 2.32. The summed E-state index contributed by atoms with van der Waals surface area (Å²) in [5.74, 6) is -1.74. The standard InChI is InChI=1S/C29H28Cl2N2O5/c1-38-26-7-3-2-6-23(26)28(35)33-14-4-5-20(17-33)27(34)32-25(29(36)37)15-18-8-10-19(11-9-18)22-13-12-21(30)16-24(22)31/h2-3,6-13,16,20,25H,4-5,14-15,17H2,1H3,(H,32,34)(H,36,37)/t20?,25-/m0/s1. The van der Waals surface area contributed by atoms with Gasteiger partial charge in [-0.3, -0.25) is 9.59 Å². The molecule has 0 bridgehead atoms. The van der Waals surface area contributed by atoms with Crippen molar-refractivity contribution in [1.29, 1.82) is 0 Å². The third-order valence-electron chi connectivity index (χ3n) is 6.67. The van der Waals surface area contributed by atoms with E-state index >= 15 is 0 Å². The van der Waals surface area contributed by atoms with Crippen LogP contribution in [0, 0.1) is 5.92 Å². The van der Waals surface area contributed by atoms with Crippen molar-refractivity contribution < 1.29 is 24.2 Å². The number of hydrogen-bond acceptors (Lipinski definition) is 4. The average molecular weight is 555 g/mol. The lowest BCUT2D eigenvalue weighted by Crippen LogP contribution is -2.50. The average Bonchev–Trinajstić information content (AvgIpc) is 2.92. The van der Waals surface area contributed by atoms with Crippen LogP contribution < -0.4 is 10.1 Å². The lowest BCUT2D eigenvalue weighted by atomic mass is 9.95. The van der Waals surface area contributed by atoms with E-state index in [1.54, 1.807) is 41.3 Å². The molecule has 2 amide bonds. The zero-order chi connectivity index (χ0) is 27.2. The molecule has 2 N–H and O–H groups in total. The second kappa shape index (κ2) is 12.3. The molecule has 0 aromatic heterocycles. The second-order valence-corrected chi connectivity index (χ2v) is 10.1. The Balaban J connectivity index is 1.40. The fourth-order valence-electron chi connectivity index (χ4n) is 4.64. The Labute approximate surface area is 231 Å². The number of para-hydroxylation sites is 1. The summed E-state index contributed by atoms with van der Waals surface area (Å²) in [5.41, 5.74) is 2.87. The smallest absolute Gasteiger partial charge is 0.326 e. The van der Waals surface area contributed by atoms with Gasteiger partial charge in [-0.15, -0.1) is 0 Å². The first kappa shape index (κ1) is 27.5. The molecular weight excluding hydrogens is 527 g/mol. The Morgan fingerprint density at radius 1 is 1.08 bits per heavy atom. The van der Waals surface area contributed by atoms with Crippen LogP contribution in [0.4, 0.5) is 0 Å². The number of carboxylic acids is 1. The molecule has 9 heteroatoms. The summed E-state index contributed by atoms with van der Waals surface area (Å²) in [6.45, 7) is 0.735.